The number of nitrogens with one attached hydrogen (secondary N) is 2. The number of hydrogen-bond acceptors (Lipinski definition) is 4. The Morgan fingerprint density at radius 2 is 2.26 bits per heavy atom. The zero-order chi connectivity index (χ0) is 13.8. The summed E-state index contributed by atoms with van der Waals surface area (Å²) in [6, 6.07) is 1.30. The van der Waals surface area contributed by atoms with Gasteiger partial charge in [0.05, 0.1) is 0 Å². The maximum Gasteiger partial charge on any atom is 0.254 e. The molecule has 0 aliphatic rings. The van der Waals surface area contributed by atoms with E-state index in [0.717, 1.165) is 19.3 Å². The summed E-state index contributed by atoms with van der Waals surface area (Å²) in [5, 5.41) is 6.95. The molecule has 2 aromatic heterocycles. The number of carbonyl (C=O) groups is 1. The van der Waals surface area contributed by atoms with E-state index < -0.39 is 0 Å². The Labute approximate surface area is 110 Å². The molecule has 2 heterocycles. The normalized spacial score (nSPS) is 10.8. The van der Waals surface area contributed by atoms with E-state index in [-0.39, 0.29) is 11.5 Å². The van der Waals surface area contributed by atoms with Crippen molar-refractivity contribution in [2.24, 2.45) is 0 Å². The Hall–Kier alpha value is -2.18. The Bertz CT molecular complexity index is 643. The van der Waals surface area contributed by atoms with E-state index in [1.54, 1.807) is 6.92 Å². The van der Waals surface area contributed by atoms with Gasteiger partial charge in [0.2, 0.25) is 11.7 Å². The number of rotatable bonds is 5. The molecule has 2 rings (SSSR count). The minimum Gasteiger partial charge on any atom is -0.310 e. The fraction of sp³-hybridized carbons (Fsp3) is 0.500. The maximum absolute atomic E-state index is 11.5. The van der Waals surface area contributed by atoms with Gasteiger partial charge in [-0.15, -0.1) is 5.10 Å². The van der Waals surface area contributed by atoms with E-state index in [0.29, 0.717) is 23.8 Å². The molecule has 2 N–H and O–H groups in total. The van der Waals surface area contributed by atoms with Crippen molar-refractivity contribution in [1.82, 2.24) is 19.6 Å². The van der Waals surface area contributed by atoms with Crippen LogP contribution < -0.4 is 10.9 Å². The summed E-state index contributed by atoms with van der Waals surface area (Å²) in [5.74, 6) is 1.19. The number of nitrogens with zero attached hydrogens (tertiary/aromatic N) is 3. The third kappa shape index (κ3) is 2.98. The molecule has 0 aliphatic carbocycles. The van der Waals surface area contributed by atoms with Gasteiger partial charge in [-0.3, -0.25) is 14.6 Å². The van der Waals surface area contributed by atoms with Crippen LogP contribution >= 0.6 is 0 Å². The molecular weight excluding hydrogens is 246 g/mol. The number of unbranched alkanes of at least 4 members (excludes halogenated alkanes) is 1. The molecule has 0 fully saturated rings. The van der Waals surface area contributed by atoms with Gasteiger partial charge >= 0.3 is 0 Å². The summed E-state index contributed by atoms with van der Waals surface area (Å²) in [6.07, 6.45) is 3.12. The molecule has 0 bridgehead atoms. The number of H-pyrrole nitrogens is 1. The van der Waals surface area contributed by atoms with Crippen molar-refractivity contribution in [3.63, 3.8) is 0 Å². The van der Waals surface area contributed by atoms with Crippen molar-refractivity contribution in [2.45, 2.75) is 39.5 Å². The highest BCUT2D eigenvalue weighted by Crippen LogP contribution is 2.08. The van der Waals surface area contributed by atoms with Crippen molar-refractivity contribution >= 4 is 17.5 Å². The summed E-state index contributed by atoms with van der Waals surface area (Å²) < 4.78 is 1.46. The van der Waals surface area contributed by atoms with Crippen LogP contribution in [0.3, 0.4) is 0 Å². The van der Waals surface area contributed by atoms with Gasteiger partial charge in [0, 0.05) is 18.9 Å². The molecule has 102 valence electrons. The van der Waals surface area contributed by atoms with Crippen molar-refractivity contribution in [3.05, 3.63) is 22.2 Å². The first-order chi connectivity index (χ1) is 9.13. The van der Waals surface area contributed by atoms with Crippen LogP contribution in [-0.4, -0.2) is 25.5 Å². The summed E-state index contributed by atoms with van der Waals surface area (Å²) in [7, 11) is 0. The first kappa shape index (κ1) is 13.3. The van der Waals surface area contributed by atoms with Gasteiger partial charge in [-0.25, -0.2) is 0 Å². The van der Waals surface area contributed by atoms with Crippen molar-refractivity contribution in [1.29, 1.82) is 0 Å². The third-order valence-corrected chi connectivity index (χ3v) is 2.72. The van der Waals surface area contributed by atoms with Gasteiger partial charge < -0.3 is 5.32 Å². The monoisotopic (exact) mass is 263 g/mol. The topological polar surface area (TPSA) is 92.1 Å². The number of fused-ring (bicyclic) bond motifs is 1. The van der Waals surface area contributed by atoms with Crippen LogP contribution in [0.4, 0.5) is 5.82 Å². The quantitative estimate of drug-likeness (QED) is 0.845. The zero-order valence-electron chi connectivity index (χ0n) is 11.1. The van der Waals surface area contributed by atoms with Crippen molar-refractivity contribution in [2.75, 3.05) is 5.32 Å². The van der Waals surface area contributed by atoms with E-state index in [9.17, 15) is 9.59 Å². The Kier molecular flexibility index (Phi) is 3.94. The van der Waals surface area contributed by atoms with E-state index in [2.05, 4.69) is 27.3 Å². The van der Waals surface area contributed by atoms with Gasteiger partial charge in [0.1, 0.15) is 5.82 Å². The van der Waals surface area contributed by atoms with Crippen LogP contribution in [-0.2, 0) is 11.2 Å². The van der Waals surface area contributed by atoms with Crippen LogP contribution in [0.1, 0.15) is 38.9 Å². The molecule has 0 aromatic carbocycles. The minimum atomic E-state index is -0.312. The molecule has 0 atom stereocenters. The van der Waals surface area contributed by atoms with Crippen LogP contribution in [0.5, 0.6) is 0 Å². The number of carbonyl (C=O) groups excluding carboxylic acids is 1. The molecule has 7 heteroatoms. The van der Waals surface area contributed by atoms with Crippen molar-refractivity contribution < 1.29 is 4.79 Å². The van der Waals surface area contributed by atoms with Gasteiger partial charge in [0.15, 0.2) is 5.82 Å². The molecule has 2 aromatic rings. The van der Waals surface area contributed by atoms with Crippen LogP contribution in [0.25, 0.3) is 5.78 Å². The predicted octanol–water partition coefficient (Wildman–Crippen LogP) is 1.11. The smallest absolute Gasteiger partial charge is 0.254 e. The molecule has 0 saturated heterocycles. The molecule has 0 aliphatic heterocycles. The van der Waals surface area contributed by atoms with E-state index in [1.807, 2.05) is 0 Å². The second kappa shape index (κ2) is 5.64. The largest absolute Gasteiger partial charge is 0.310 e. The molecule has 0 saturated carbocycles. The predicted molar refractivity (Wildman–Crippen MR) is 71.1 cm³/mol. The number of hydrogen-bond donors (Lipinski definition) is 2. The van der Waals surface area contributed by atoms with Gasteiger partial charge in [0.25, 0.3) is 5.56 Å². The van der Waals surface area contributed by atoms with E-state index in [1.165, 1.54) is 10.6 Å². The Morgan fingerprint density at radius 1 is 1.47 bits per heavy atom. The molecule has 0 spiro atoms. The van der Waals surface area contributed by atoms with E-state index in [4.69, 9.17) is 0 Å². The number of aromatic amines is 1. The van der Waals surface area contributed by atoms with Gasteiger partial charge in [-0.1, -0.05) is 20.3 Å². The second-order valence-corrected chi connectivity index (χ2v) is 4.29. The highest BCUT2D eigenvalue weighted by molar-refractivity contribution is 5.89. The SMILES string of the molecule is CCCCc1nc2[nH]c(=O)cc(NC(=O)CC)n2n1. The van der Waals surface area contributed by atoms with E-state index >= 15 is 0 Å². The lowest BCUT2D eigenvalue weighted by molar-refractivity contribution is -0.115. The lowest BCUT2D eigenvalue weighted by Crippen LogP contribution is -2.17. The average molecular weight is 263 g/mol. The number of aromatic nitrogens is 4. The van der Waals surface area contributed by atoms with Crippen LogP contribution in [0.15, 0.2) is 10.9 Å². The number of aryl methyl sites for hydroxylation is 1. The average Bonchev–Trinajstić information content (AvgIpc) is 2.79. The lowest BCUT2D eigenvalue weighted by Gasteiger charge is -2.04. The fourth-order valence-electron chi connectivity index (χ4n) is 1.70. The van der Waals surface area contributed by atoms with Gasteiger partial charge in [-0.05, 0) is 6.42 Å². The van der Waals surface area contributed by atoms with Crippen molar-refractivity contribution in [3.8, 4) is 0 Å². The molecule has 1 amide bonds. The third-order valence-electron chi connectivity index (χ3n) is 2.72. The summed E-state index contributed by atoms with van der Waals surface area (Å²) in [4.78, 5) is 29.8. The van der Waals surface area contributed by atoms with Crippen LogP contribution in [0.2, 0.25) is 0 Å². The number of anilines is 1. The maximum atomic E-state index is 11.5. The lowest BCUT2D eigenvalue weighted by atomic mass is 10.2. The highest BCUT2D eigenvalue weighted by Gasteiger charge is 2.10. The molecule has 0 unspecified atom stereocenters. The molecular formula is C12H17N5O2. The fourth-order valence-corrected chi connectivity index (χ4v) is 1.70. The Morgan fingerprint density at radius 3 is 2.95 bits per heavy atom. The summed E-state index contributed by atoms with van der Waals surface area (Å²) in [6.45, 7) is 3.83. The van der Waals surface area contributed by atoms with Gasteiger partial charge in [-0.2, -0.15) is 9.50 Å². The second-order valence-electron chi connectivity index (χ2n) is 4.29. The zero-order valence-corrected chi connectivity index (χ0v) is 11.1. The standard InChI is InChI=1S/C12H17N5O2/c1-3-5-6-8-13-12-15-11(19)7-9(17(12)16-8)14-10(18)4-2/h7H,3-6H2,1-2H3,(H,14,18)(H,13,15,16,19). The minimum absolute atomic E-state index is 0.169. The Balaban J connectivity index is 2.41. The molecule has 19 heavy (non-hydrogen) atoms. The highest BCUT2D eigenvalue weighted by atomic mass is 16.1. The first-order valence-electron chi connectivity index (χ1n) is 6.42. The molecule has 7 nitrogen and oxygen atoms in total. The first-order valence-corrected chi connectivity index (χ1v) is 6.42. The summed E-state index contributed by atoms with van der Waals surface area (Å²) in [5.41, 5.74) is -0.312. The van der Waals surface area contributed by atoms with Crippen LogP contribution in [0, 0.1) is 0 Å². The summed E-state index contributed by atoms with van der Waals surface area (Å²) >= 11 is 0. The number of amides is 1. The molecule has 0 radical (unpaired) electrons.